The fraction of sp³-hybridized carbons (Fsp3) is 0.939. The molecule has 12 atom stereocenters. The summed E-state index contributed by atoms with van der Waals surface area (Å²) in [4.78, 5) is 25.8. The van der Waals surface area contributed by atoms with Gasteiger partial charge in [-0.1, -0.05) is 27.7 Å². The second-order valence-electron chi connectivity index (χ2n) is 15.3. The number of rotatable bonds is 11. The second kappa shape index (κ2) is 11.6. The Kier molecular flexibility index (Phi) is 8.79. The van der Waals surface area contributed by atoms with Crippen LogP contribution in [0.3, 0.4) is 0 Å². The molecule has 41 heavy (non-hydrogen) atoms. The van der Waals surface area contributed by atoms with Crippen LogP contribution in [0.2, 0.25) is 0 Å². The van der Waals surface area contributed by atoms with Gasteiger partial charge in [-0.3, -0.25) is 9.59 Å². The summed E-state index contributed by atoms with van der Waals surface area (Å²) in [5, 5.41) is 44.8. The van der Waals surface area contributed by atoms with Gasteiger partial charge in [-0.15, -0.1) is 0 Å². The molecule has 0 bridgehead atoms. The molecule has 1 aliphatic heterocycles. The standard InChI is InChI=1S/C33H55N3O5/c1-6-7-26(38)25(13-15-32(4)35-36-32)34-29(41)11-8-19(2)22-9-10-23-30-24(18-28(40)33(22,23)5)31(3)14-12-21(37)16-20(31)17-27(30)39/h19-25,27-28,30,37,39-40H,6-18H2,1-5H3,(H,34,41). The van der Waals surface area contributed by atoms with E-state index in [1.165, 1.54) is 0 Å². The highest BCUT2D eigenvalue weighted by atomic mass is 16.3. The van der Waals surface area contributed by atoms with Crippen LogP contribution in [0, 0.1) is 46.3 Å². The highest BCUT2D eigenvalue weighted by molar-refractivity contribution is 5.89. The quantitative estimate of drug-likeness (QED) is 0.270. The van der Waals surface area contributed by atoms with Gasteiger partial charge in [0.05, 0.1) is 24.4 Å². The lowest BCUT2D eigenvalue weighted by atomic mass is 9.43. The number of aliphatic hydroxyl groups excluding tert-OH is 3. The zero-order chi connectivity index (χ0) is 29.7. The number of hydrogen-bond donors (Lipinski definition) is 4. The third-order valence-corrected chi connectivity index (χ3v) is 12.9. The molecule has 0 spiro atoms. The van der Waals surface area contributed by atoms with E-state index in [2.05, 4.69) is 36.3 Å². The Labute approximate surface area is 246 Å². The molecule has 4 aliphatic carbocycles. The van der Waals surface area contributed by atoms with Crippen molar-refractivity contribution in [1.82, 2.24) is 5.32 Å². The Morgan fingerprint density at radius 3 is 2.37 bits per heavy atom. The lowest BCUT2D eigenvalue weighted by molar-refractivity contribution is -0.207. The topological polar surface area (TPSA) is 132 Å². The summed E-state index contributed by atoms with van der Waals surface area (Å²) in [6.07, 6.45) is 8.53. The van der Waals surface area contributed by atoms with Gasteiger partial charge in [0, 0.05) is 12.8 Å². The number of hydrogen-bond acceptors (Lipinski definition) is 7. The summed E-state index contributed by atoms with van der Waals surface area (Å²) < 4.78 is 0. The summed E-state index contributed by atoms with van der Waals surface area (Å²) in [6.45, 7) is 10.8. The van der Waals surface area contributed by atoms with Gasteiger partial charge in [0.15, 0.2) is 11.4 Å². The maximum Gasteiger partial charge on any atom is 0.220 e. The molecule has 0 radical (unpaired) electrons. The van der Waals surface area contributed by atoms with Crippen molar-refractivity contribution in [3.8, 4) is 0 Å². The van der Waals surface area contributed by atoms with E-state index in [1.807, 2.05) is 13.8 Å². The smallest absolute Gasteiger partial charge is 0.220 e. The molecule has 0 saturated heterocycles. The Morgan fingerprint density at radius 2 is 1.68 bits per heavy atom. The van der Waals surface area contributed by atoms with Crippen LogP contribution < -0.4 is 5.32 Å². The first-order valence-electron chi connectivity index (χ1n) is 16.6. The van der Waals surface area contributed by atoms with Gasteiger partial charge in [0.2, 0.25) is 5.91 Å². The normalized spacial score (nSPS) is 43.8. The van der Waals surface area contributed by atoms with Crippen molar-refractivity contribution in [3.05, 3.63) is 0 Å². The molecule has 5 aliphatic rings. The molecule has 8 nitrogen and oxygen atoms in total. The predicted molar refractivity (Wildman–Crippen MR) is 157 cm³/mol. The van der Waals surface area contributed by atoms with Crippen molar-refractivity contribution < 1.29 is 24.9 Å². The lowest BCUT2D eigenvalue weighted by Gasteiger charge is -2.63. The van der Waals surface area contributed by atoms with Gasteiger partial charge in [0.25, 0.3) is 0 Å². The van der Waals surface area contributed by atoms with Crippen LogP contribution in [-0.2, 0) is 9.59 Å². The maximum absolute atomic E-state index is 13.1. The number of carbonyl (C=O) groups is 2. The first kappa shape index (κ1) is 31.1. The minimum atomic E-state index is -0.482. The molecule has 5 rings (SSSR count). The first-order valence-corrected chi connectivity index (χ1v) is 16.6. The molecular weight excluding hydrogens is 518 g/mol. The van der Waals surface area contributed by atoms with Gasteiger partial charge in [-0.2, -0.15) is 10.2 Å². The average Bonchev–Trinajstić information content (AvgIpc) is 3.54. The van der Waals surface area contributed by atoms with Crippen molar-refractivity contribution in [2.75, 3.05) is 0 Å². The van der Waals surface area contributed by atoms with Crippen LogP contribution >= 0.6 is 0 Å². The number of ketones is 1. The van der Waals surface area contributed by atoms with Crippen molar-refractivity contribution in [2.24, 2.45) is 56.6 Å². The predicted octanol–water partition coefficient (Wildman–Crippen LogP) is 5.18. The van der Waals surface area contributed by atoms with Gasteiger partial charge in [-0.05, 0) is 124 Å². The van der Waals surface area contributed by atoms with Crippen LogP contribution in [0.15, 0.2) is 10.2 Å². The van der Waals surface area contributed by atoms with Crippen LogP contribution in [0.25, 0.3) is 0 Å². The van der Waals surface area contributed by atoms with Crippen molar-refractivity contribution in [3.63, 3.8) is 0 Å². The molecule has 12 unspecified atom stereocenters. The SMILES string of the molecule is CCCC(=O)C(CCC1(C)N=N1)NC(=O)CCC(C)C1CCC2C3C(O)CC4CC(O)CCC4(C)C3CC(O)C12C. The number of carbonyl (C=O) groups excluding carboxylic acids is 2. The number of fused-ring (bicyclic) bond motifs is 5. The summed E-state index contributed by atoms with van der Waals surface area (Å²) in [6, 6.07) is -0.482. The lowest BCUT2D eigenvalue weighted by Crippen LogP contribution is -2.62. The summed E-state index contributed by atoms with van der Waals surface area (Å²) >= 11 is 0. The van der Waals surface area contributed by atoms with E-state index in [0.29, 0.717) is 31.6 Å². The Hall–Kier alpha value is -1.38. The minimum Gasteiger partial charge on any atom is -0.393 e. The van der Waals surface area contributed by atoms with Crippen LogP contribution in [-0.4, -0.2) is 57.0 Å². The van der Waals surface area contributed by atoms with Gasteiger partial charge in [0.1, 0.15) is 0 Å². The first-order chi connectivity index (χ1) is 19.3. The molecule has 0 aromatic carbocycles. The third kappa shape index (κ3) is 5.78. The minimum absolute atomic E-state index is 0.0676. The van der Waals surface area contributed by atoms with Crippen molar-refractivity contribution in [1.29, 1.82) is 0 Å². The number of amides is 1. The monoisotopic (exact) mass is 573 g/mol. The molecule has 232 valence electrons. The van der Waals surface area contributed by atoms with Crippen LogP contribution in [0.5, 0.6) is 0 Å². The van der Waals surface area contributed by atoms with Crippen LogP contribution in [0.4, 0.5) is 0 Å². The Balaban J connectivity index is 1.22. The number of nitrogens with one attached hydrogen (secondary N) is 1. The molecule has 1 heterocycles. The fourth-order valence-electron chi connectivity index (χ4n) is 10.3. The second-order valence-corrected chi connectivity index (χ2v) is 15.3. The number of nitrogens with zero attached hydrogens (tertiary/aromatic N) is 2. The highest BCUT2D eigenvalue weighted by Gasteiger charge is 2.65. The van der Waals surface area contributed by atoms with E-state index in [9.17, 15) is 24.9 Å². The van der Waals surface area contributed by atoms with Crippen LogP contribution in [0.1, 0.15) is 118 Å². The summed E-state index contributed by atoms with van der Waals surface area (Å²) in [5.74, 6) is 1.61. The van der Waals surface area contributed by atoms with E-state index in [-0.39, 0.29) is 70.0 Å². The zero-order valence-electron chi connectivity index (χ0n) is 26.0. The van der Waals surface area contributed by atoms with E-state index in [1.54, 1.807) is 0 Å². The van der Waals surface area contributed by atoms with Gasteiger partial charge >= 0.3 is 0 Å². The largest absolute Gasteiger partial charge is 0.393 e. The number of Topliss-reactive ketones (excluding diaryl/α,β-unsaturated/α-hetero) is 1. The molecular formula is C33H55N3O5. The summed E-state index contributed by atoms with van der Waals surface area (Å²) in [7, 11) is 0. The van der Waals surface area contributed by atoms with Crippen molar-refractivity contribution in [2.45, 2.75) is 148 Å². The molecule has 0 aromatic heterocycles. The van der Waals surface area contributed by atoms with E-state index in [0.717, 1.165) is 57.8 Å². The summed E-state index contributed by atoms with van der Waals surface area (Å²) in [5.41, 5.74) is -0.597. The van der Waals surface area contributed by atoms with Gasteiger partial charge in [-0.25, -0.2) is 0 Å². The Morgan fingerprint density at radius 1 is 0.951 bits per heavy atom. The molecule has 8 heteroatoms. The number of aliphatic hydroxyl groups is 3. The molecule has 1 amide bonds. The zero-order valence-corrected chi connectivity index (χ0v) is 26.0. The molecule has 0 aromatic rings. The highest BCUT2D eigenvalue weighted by Crippen LogP contribution is 2.68. The van der Waals surface area contributed by atoms with Gasteiger partial charge < -0.3 is 20.6 Å². The third-order valence-electron chi connectivity index (χ3n) is 12.9. The van der Waals surface area contributed by atoms with E-state index in [4.69, 9.17) is 0 Å². The van der Waals surface area contributed by atoms with E-state index >= 15 is 0 Å². The molecule has 4 fully saturated rings. The van der Waals surface area contributed by atoms with Crippen molar-refractivity contribution >= 4 is 11.7 Å². The molecule has 4 saturated carbocycles. The molecule has 4 N–H and O–H groups in total. The Bertz CT molecular complexity index is 1010. The van der Waals surface area contributed by atoms with E-state index < -0.39 is 12.1 Å². The average molecular weight is 574 g/mol. The fourth-order valence-corrected chi connectivity index (χ4v) is 10.3. The maximum atomic E-state index is 13.1.